The van der Waals surface area contributed by atoms with Crippen LogP contribution in [0.15, 0.2) is 54.2 Å². The number of hydrogen-bond donors (Lipinski definition) is 1. The second-order valence-electron chi connectivity index (χ2n) is 8.39. The van der Waals surface area contributed by atoms with Gasteiger partial charge in [-0.1, -0.05) is 6.92 Å². The summed E-state index contributed by atoms with van der Waals surface area (Å²) in [6.45, 7) is 4.82. The molecule has 2 aromatic carbocycles. The lowest BCUT2D eigenvalue weighted by atomic mass is 9.97. The van der Waals surface area contributed by atoms with Crippen molar-refractivity contribution in [2.75, 3.05) is 23.3 Å². The molecule has 0 spiro atoms. The molecule has 0 saturated carbocycles. The van der Waals surface area contributed by atoms with Crippen molar-refractivity contribution in [3.8, 4) is 0 Å². The highest BCUT2D eigenvalue weighted by atomic mass is 16.6. The maximum absolute atomic E-state index is 13.6. The number of nitro groups is 1. The van der Waals surface area contributed by atoms with E-state index in [1.165, 1.54) is 31.2 Å². The first-order valence-corrected chi connectivity index (χ1v) is 10.8. The molecular formula is C24H24N4O5. The van der Waals surface area contributed by atoms with Crippen molar-refractivity contribution < 1.29 is 19.3 Å². The lowest BCUT2D eigenvalue weighted by molar-refractivity contribution is -0.384. The zero-order chi connectivity index (χ0) is 23.7. The van der Waals surface area contributed by atoms with Gasteiger partial charge in [-0.2, -0.15) is 0 Å². The van der Waals surface area contributed by atoms with Crippen LogP contribution in [0.5, 0.6) is 0 Å². The van der Waals surface area contributed by atoms with E-state index in [4.69, 9.17) is 0 Å². The quantitative estimate of drug-likeness (QED) is 0.425. The second-order valence-corrected chi connectivity index (χ2v) is 8.39. The SMILES string of the molecule is CC(=O)Nc1ccc(N2C(=O)C(c3ccc([N+](=O)[O-])cc3)=C(N3CCCC(C)C3)C2=O)cc1. The molecule has 33 heavy (non-hydrogen) atoms. The summed E-state index contributed by atoms with van der Waals surface area (Å²) in [4.78, 5) is 52.0. The lowest BCUT2D eigenvalue weighted by Crippen LogP contribution is -2.39. The summed E-state index contributed by atoms with van der Waals surface area (Å²) in [6.07, 6.45) is 1.96. The number of carbonyl (C=O) groups is 3. The van der Waals surface area contributed by atoms with Gasteiger partial charge in [-0.05, 0) is 60.7 Å². The fourth-order valence-corrected chi connectivity index (χ4v) is 4.35. The number of non-ortho nitro benzene ring substituents is 1. The molecule has 4 rings (SSSR count). The third-order valence-electron chi connectivity index (χ3n) is 5.85. The van der Waals surface area contributed by atoms with E-state index in [9.17, 15) is 24.5 Å². The van der Waals surface area contributed by atoms with Gasteiger partial charge in [0.05, 0.1) is 16.2 Å². The maximum Gasteiger partial charge on any atom is 0.282 e. The largest absolute Gasteiger partial charge is 0.366 e. The number of rotatable bonds is 5. The number of piperidine rings is 1. The molecule has 0 bridgehead atoms. The molecule has 1 N–H and O–H groups in total. The molecule has 1 saturated heterocycles. The number of hydrogen-bond acceptors (Lipinski definition) is 6. The highest BCUT2D eigenvalue weighted by molar-refractivity contribution is 6.45. The monoisotopic (exact) mass is 448 g/mol. The first-order valence-electron chi connectivity index (χ1n) is 10.8. The minimum atomic E-state index is -0.504. The normalized spacial score (nSPS) is 18.7. The van der Waals surface area contributed by atoms with Crippen molar-refractivity contribution in [3.63, 3.8) is 0 Å². The molecule has 0 aliphatic carbocycles. The maximum atomic E-state index is 13.6. The van der Waals surface area contributed by atoms with Crippen LogP contribution < -0.4 is 10.2 Å². The van der Waals surface area contributed by atoms with Crippen LogP contribution in [0.1, 0.15) is 32.3 Å². The highest BCUT2D eigenvalue weighted by Gasteiger charge is 2.43. The Morgan fingerprint density at radius 2 is 1.73 bits per heavy atom. The number of amides is 3. The number of imide groups is 1. The summed E-state index contributed by atoms with van der Waals surface area (Å²) in [6, 6.07) is 12.2. The molecule has 2 heterocycles. The predicted octanol–water partition coefficient (Wildman–Crippen LogP) is 3.57. The molecule has 1 unspecified atom stereocenters. The smallest absolute Gasteiger partial charge is 0.282 e. The van der Waals surface area contributed by atoms with Gasteiger partial charge in [0, 0.05) is 37.8 Å². The lowest BCUT2D eigenvalue weighted by Gasteiger charge is -2.33. The van der Waals surface area contributed by atoms with Gasteiger partial charge in [0.2, 0.25) is 5.91 Å². The first-order chi connectivity index (χ1) is 15.8. The molecule has 0 radical (unpaired) electrons. The van der Waals surface area contributed by atoms with Gasteiger partial charge in [0.15, 0.2) is 0 Å². The summed E-state index contributed by atoms with van der Waals surface area (Å²) in [5.74, 6) is -0.748. The zero-order valence-corrected chi connectivity index (χ0v) is 18.4. The van der Waals surface area contributed by atoms with Gasteiger partial charge >= 0.3 is 0 Å². The summed E-state index contributed by atoms with van der Waals surface area (Å²) >= 11 is 0. The Hall–Kier alpha value is -4.01. The second kappa shape index (κ2) is 8.85. The minimum absolute atomic E-state index is 0.0883. The van der Waals surface area contributed by atoms with Crippen LogP contribution in [-0.4, -0.2) is 40.6 Å². The molecule has 2 aromatic rings. The van der Waals surface area contributed by atoms with Gasteiger partial charge in [-0.3, -0.25) is 24.5 Å². The minimum Gasteiger partial charge on any atom is -0.366 e. The van der Waals surface area contributed by atoms with Crippen LogP contribution in [0.3, 0.4) is 0 Å². The van der Waals surface area contributed by atoms with E-state index in [1.54, 1.807) is 24.3 Å². The summed E-state index contributed by atoms with van der Waals surface area (Å²) in [7, 11) is 0. The Bertz CT molecular complexity index is 1150. The van der Waals surface area contributed by atoms with Crippen molar-refractivity contribution in [1.82, 2.24) is 4.90 Å². The fraction of sp³-hybridized carbons (Fsp3) is 0.292. The molecule has 170 valence electrons. The number of nitrogens with one attached hydrogen (secondary N) is 1. The third-order valence-corrected chi connectivity index (χ3v) is 5.85. The number of benzene rings is 2. The Balaban J connectivity index is 1.75. The molecule has 2 aliphatic heterocycles. The molecule has 3 amide bonds. The molecule has 1 atom stereocenters. The molecular weight excluding hydrogens is 424 g/mol. The fourth-order valence-electron chi connectivity index (χ4n) is 4.35. The van der Waals surface area contributed by atoms with Crippen molar-refractivity contribution >= 4 is 40.4 Å². The van der Waals surface area contributed by atoms with Crippen molar-refractivity contribution in [2.24, 2.45) is 5.92 Å². The van der Waals surface area contributed by atoms with Crippen LogP contribution in [0, 0.1) is 16.0 Å². The van der Waals surface area contributed by atoms with Crippen molar-refractivity contribution in [1.29, 1.82) is 0 Å². The zero-order valence-electron chi connectivity index (χ0n) is 18.4. The number of nitrogens with zero attached hydrogens (tertiary/aromatic N) is 3. The van der Waals surface area contributed by atoms with Gasteiger partial charge in [0.1, 0.15) is 5.70 Å². The summed E-state index contributed by atoms with van der Waals surface area (Å²) in [5.41, 5.74) is 1.89. The number of nitro benzene ring substituents is 1. The van der Waals surface area contributed by atoms with Gasteiger partial charge in [-0.15, -0.1) is 0 Å². The van der Waals surface area contributed by atoms with Gasteiger partial charge in [0.25, 0.3) is 17.5 Å². The Labute approximate surface area is 190 Å². The van der Waals surface area contributed by atoms with E-state index in [2.05, 4.69) is 12.2 Å². The van der Waals surface area contributed by atoms with E-state index >= 15 is 0 Å². The van der Waals surface area contributed by atoms with E-state index in [0.717, 1.165) is 17.7 Å². The highest BCUT2D eigenvalue weighted by Crippen LogP contribution is 2.37. The van der Waals surface area contributed by atoms with Crippen LogP contribution in [-0.2, 0) is 14.4 Å². The number of likely N-dealkylation sites (tertiary alicyclic amines) is 1. The van der Waals surface area contributed by atoms with Crippen molar-refractivity contribution in [2.45, 2.75) is 26.7 Å². The van der Waals surface area contributed by atoms with Crippen LogP contribution in [0.4, 0.5) is 17.1 Å². The van der Waals surface area contributed by atoms with Gasteiger partial charge < -0.3 is 10.2 Å². The van der Waals surface area contributed by atoms with E-state index in [0.29, 0.717) is 41.6 Å². The predicted molar refractivity (Wildman–Crippen MR) is 123 cm³/mol. The van der Waals surface area contributed by atoms with E-state index < -0.39 is 16.7 Å². The molecule has 9 nitrogen and oxygen atoms in total. The first kappa shape index (κ1) is 22.2. The summed E-state index contributed by atoms with van der Waals surface area (Å²) in [5, 5.41) is 13.7. The Morgan fingerprint density at radius 3 is 2.30 bits per heavy atom. The number of carbonyl (C=O) groups excluding carboxylic acids is 3. The van der Waals surface area contributed by atoms with E-state index in [1.807, 2.05) is 4.90 Å². The summed E-state index contributed by atoms with van der Waals surface area (Å²) < 4.78 is 0. The number of anilines is 2. The van der Waals surface area contributed by atoms with Crippen LogP contribution in [0.2, 0.25) is 0 Å². The Kier molecular flexibility index (Phi) is 5.95. The molecule has 0 aromatic heterocycles. The standard InChI is InChI=1S/C24H24N4O5/c1-15-4-3-13-26(14-15)22-21(17-5-9-20(10-6-17)28(32)33)23(30)27(24(22)31)19-11-7-18(8-12-19)25-16(2)29/h5-12,15H,3-4,13-14H2,1-2H3,(H,25,29). The molecule has 2 aliphatic rings. The Morgan fingerprint density at radius 1 is 1.06 bits per heavy atom. The van der Waals surface area contributed by atoms with E-state index in [-0.39, 0.29) is 17.2 Å². The van der Waals surface area contributed by atoms with Crippen LogP contribution in [0.25, 0.3) is 5.57 Å². The third kappa shape index (κ3) is 4.34. The van der Waals surface area contributed by atoms with Gasteiger partial charge in [-0.25, -0.2) is 4.90 Å². The average Bonchev–Trinajstić information content (AvgIpc) is 3.04. The topological polar surface area (TPSA) is 113 Å². The molecule has 9 heteroatoms. The average molecular weight is 448 g/mol. The van der Waals surface area contributed by atoms with Crippen molar-refractivity contribution in [3.05, 3.63) is 69.9 Å². The van der Waals surface area contributed by atoms with Crippen LogP contribution >= 0.6 is 0 Å². The molecule has 1 fully saturated rings.